The Labute approximate surface area is 90.9 Å². The third-order valence-corrected chi connectivity index (χ3v) is 3.15. The van der Waals surface area contributed by atoms with Crippen LogP contribution in [0.1, 0.15) is 29.5 Å². The number of aliphatic hydroxyl groups excluding tert-OH is 1. The van der Waals surface area contributed by atoms with E-state index >= 15 is 0 Å². The van der Waals surface area contributed by atoms with Crippen LogP contribution in [0.25, 0.3) is 0 Å². The van der Waals surface area contributed by atoms with E-state index in [1.165, 1.54) is 29.5 Å². The average Bonchev–Trinajstić information content (AvgIpc) is 2.29. The largest absolute Gasteiger partial charge is 0.497 e. The lowest BCUT2D eigenvalue weighted by Gasteiger charge is -2.20. The fourth-order valence-electron chi connectivity index (χ4n) is 2.39. The van der Waals surface area contributed by atoms with Crippen molar-refractivity contribution in [1.29, 1.82) is 0 Å². The number of rotatable bonds is 3. The summed E-state index contributed by atoms with van der Waals surface area (Å²) in [5, 5.41) is 9.04. The highest BCUT2D eigenvalue weighted by Gasteiger charge is 2.14. The van der Waals surface area contributed by atoms with Gasteiger partial charge in [0.2, 0.25) is 0 Å². The van der Waals surface area contributed by atoms with Gasteiger partial charge in [-0.15, -0.1) is 0 Å². The molecule has 1 aliphatic rings. The van der Waals surface area contributed by atoms with E-state index in [0.717, 1.165) is 25.0 Å². The zero-order valence-corrected chi connectivity index (χ0v) is 9.25. The third kappa shape index (κ3) is 2.15. The summed E-state index contributed by atoms with van der Waals surface area (Å²) in [6.07, 6.45) is 5.62. The minimum atomic E-state index is 0.222. The molecule has 0 fully saturated rings. The molecule has 1 aromatic carbocycles. The van der Waals surface area contributed by atoms with Gasteiger partial charge in [0.1, 0.15) is 5.75 Å². The van der Waals surface area contributed by atoms with E-state index in [4.69, 9.17) is 9.84 Å². The van der Waals surface area contributed by atoms with Crippen molar-refractivity contribution in [1.82, 2.24) is 0 Å². The van der Waals surface area contributed by atoms with E-state index in [1.807, 2.05) is 0 Å². The second-order valence-corrected chi connectivity index (χ2v) is 4.10. The molecule has 0 spiro atoms. The number of benzene rings is 1. The lowest BCUT2D eigenvalue weighted by Crippen LogP contribution is -2.08. The molecule has 0 amide bonds. The number of ether oxygens (including phenoxy) is 1. The molecule has 2 nitrogen and oxygen atoms in total. The van der Waals surface area contributed by atoms with Crippen LogP contribution in [-0.4, -0.2) is 18.8 Å². The highest BCUT2D eigenvalue weighted by atomic mass is 16.5. The number of aryl methyl sites for hydroxylation is 1. The number of fused-ring (bicyclic) bond motifs is 1. The van der Waals surface area contributed by atoms with Gasteiger partial charge in [-0.05, 0) is 60.9 Å². The molecule has 82 valence electrons. The minimum absolute atomic E-state index is 0.222. The Morgan fingerprint density at radius 1 is 1.27 bits per heavy atom. The van der Waals surface area contributed by atoms with E-state index < -0.39 is 0 Å². The van der Waals surface area contributed by atoms with Crippen LogP contribution in [0, 0.1) is 0 Å². The van der Waals surface area contributed by atoms with Crippen LogP contribution in [-0.2, 0) is 19.3 Å². The molecule has 1 aliphatic carbocycles. The molecule has 0 aromatic heterocycles. The van der Waals surface area contributed by atoms with Gasteiger partial charge in [0, 0.05) is 6.61 Å². The molecule has 0 radical (unpaired) electrons. The molecule has 0 saturated heterocycles. The Morgan fingerprint density at radius 3 is 2.80 bits per heavy atom. The second-order valence-electron chi connectivity index (χ2n) is 4.10. The number of methoxy groups -OCH3 is 1. The van der Waals surface area contributed by atoms with Gasteiger partial charge in [-0.25, -0.2) is 0 Å². The van der Waals surface area contributed by atoms with Crippen molar-refractivity contribution in [2.75, 3.05) is 13.7 Å². The maximum atomic E-state index is 9.04. The topological polar surface area (TPSA) is 29.5 Å². The molecule has 0 bridgehead atoms. The van der Waals surface area contributed by atoms with E-state index in [2.05, 4.69) is 12.1 Å². The van der Waals surface area contributed by atoms with Crippen molar-refractivity contribution in [3.8, 4) is 5.75 Å². The molecule has 0 aliphatic heterocycles. The molecule has 0 unspecified atom stereocenters. The van der Waals surface area contributed by atoms with Crippen LogP contribution in [0.5, 0.6) is 5.75 Å². The van der Waals surface area contributed by atoms with Crippen LogP contribution >= 0.6 is 0 Å². The van der Waals surface area contributed by atoms with Crippen LogP contribution in [0.15, 0.2) is 12.1 Å². The van der Waals surface area contributed by atoms with Gasteiger partial charge in [0.05, 0.1) is 7.11 Å². The summed E-state index contributed by atoms with van der Waals surface area (Å²) in [6, 6.07) is 4.22. The molecule has 15 heavy (non-hydrogen) atoms. The molecular formula is C13H18O2. The van der Waals surface area contributed by atoms with E-state index in [0.29, 0.717) is 0 Å². The molecule has 1 aromatic rings. The van der Waals surface area contributed by atoms with Crippen LogP contribution < -0.4 is 4.74 Å². The first kappa shape index (κ1) is 10.5. The molecule has 2 heteroatoms. The Balaban J connectivity index is 2.41. The number of aliphatic hydroxyl groups is 1. The van der Waals surface area contributed by atoms with Crippen molar-refractivity contribution in [3.05, 3.63) is 28.8 Å². The molecule has 0 atom stereocenters. The van der Waals surface area contributed by atoms with Gasteiger partial charge in [-0.1, -0.05) is 0 Å². The van der Waals surface area contributed by atoms with E-state index in [1.54, 1.807) is 7.11 Å². The summed E-state index contributed by atoms with van der Waals surface area (Å²) >= 11 is 0. The SMILES string of the molecule is COc1cc(CCO)c2c(c1)CCCC2. The lowest BCUT2D eigenvalue weighted by atomic mass is 9.87. The molecular weight excluding hydrogens is 188 g/mol. The molecule has 0 saturated carbocycles. The summed E-state index contributed by atoms with van der Waals surface area (Å²) in [4.78, 5) is 0. The molecule has 1 N–H and O–H groups in total. The average molecular weight is 206 g/mol. The monoisotopic (exact) mass is 206 g/mol. The highest BCUT2D eigenvalue weighted by Crippen LogP contribution is 2.29. The summed E-state index contributed by atoms with van der Waals surface area (Å²) in [7, 11) is 1.70. The summed E-state index contributed by atoms with van der Waals surface area (Å²) in [6.45, 7) is 0.222. The minimum Gasteiger partial charge on any atom is -0.497 e. The van der Waals surface area contributed by atoms with Gasteiger partial charge < -0.3 is 9.84 Å². The van der Waals surface area contributed by atoms with Gasteiger partial charge in [-0.3, -0.25) is 0 Å². The van der Waals surface area contributed by atoms with Gasteiger partial charge in [0.15, 0.2) is 0 Å². The molecule has 2 rings (SSSR count). The highest BCUT2D eigenvalue weighted by molar-refractivity contribution is 5.43. The smallest absolute Gasteiger partial charge is 0.119 e. The third-order valence-electron chi connectivity index (χ3n) is 3.15. The normalized spacial score (nSPS) is 14.8. The van der Waals surface area contributed by atoms with Crippen LogP contribution in [0.3, 0.4) is 0 Å². The van der Waals surface area contributed by atoms with Crippen LogP contribution in [0.2, 0.25) is 0 Å². The van der Waals surface area contributed by atoms with Gasteiger partial charge in [0.25, 0.3) is 0 Å². The number of hydrogen-bond donors (Lipinski definition) is 1. The zero-order valence-electron chi connectivity index (χ0n) is 9.25. The van der Waals surface area contributed by atoms with Gasteiger partial charge in [-0.2, -0.15) is 0 Å². The summed E-state index contributed by atoms with van der Waals surface area (Å²) < 4.78 is 5.29. The predicted molar refractivity (Wildman–Crippen MR) is 60.4 cm³/mol. The Hall–Kier alpha value is -1.02. The maximum Gasteiger partial charge on any atom is 0.119 e. The fraction of sp³-hybridized carbons (Fsp3) is 0.538. The van der Waals surface area contributed by atoms with Crippen molar-refractivity contribution in [3.63, 3.8) is 0 Å². The predicted octanol–water partition coefficient (Wildman–Crippen LogP) is 2.11. The van der Waals surface area contributed by atoms with Crippen molar-refractivity contribution in [2.24, 2.45) is 0 Å². The van der Waals surface area contributed by atoms with E-state index in [9.17, 15) is 0 Å². The Morgan fingerprint density at radius 2 is 2.07 bits per heavy atom. The summed E-state index contributed by atoms with van der Waals surface area (Å²) in [5.74, 6) is 0.930. The first-order valence-electron chi connectivity index (χ1n) is 5.64. The Kier molecular flexibility index (Phi) is 3.27. The maximum absolute atomic E-state index is 9.04. The first-order chi connectivity index (χ1) is 7.35. The fourth-order valence-corrected chi connectivity index (χ4v) is 2.39. The van der Waals surface area contributed by atoms with Crippen molar-refractivity contribution >= 4 is 0 Å². The number of hydrogen-bond acceptors (Lipinski definition) is 2. The first-order valence-corrected chi connectivity index (χ1v) is 5.64. The standard InChI is InChI=1S/C13H18O2/c1-15-12-8-10-4-2-3-5-13(10)11(9-12)6-7-14/h8-9,14H,2-7H2,1H3. The molecule has 0 heterocycles. The Bertz CT molecular complexity index is 345. The second kappa shape index (κ2) is 4.67. The lowest BCUT2D eigenvalue weighted by molar-refractivity contribution is 0.299. The zero-order chi connectivity index (χ0) is 10.7. The summed E-state index contributed by atoms with van der Waals surface area (Å²) in [5.41, 5.74) is 4.15. The van der Waals surface area contributed by atoms with Crippen LogP contribution in [0.4, 0.5) is 0 Å². The van der Waals surface area contributed by atoms with Gasteiger partial charge >= 0.3 is 0 Å². The quantitative estimate of drug-likeness (QED) is 0.820. The van der Waals surface area contributed by atoms with Crippen molar-refractivity contribution < 1.29 is 9.84 Å². The van der Waals surface area contributed by atoms with Crippen molar-refractivity contribution in [2.45, 2.75) is 32.1 Å². The van der Waals surface area contributed by atoms with E-state index in [-0.39, 0.29) is 6.61 Å².